The van der Waals surface area contributed by atoms with Gasteiger partial charge in [0.2, 0.25) is 0 Å². The van der Waals surface area contributed by atoms with Crippen LogP contribution in [0, 0.1) is 0 Å². The van der Waals surface area contributed by atoms with E-state index in [1.807, 2.05) is 0 Å². The number of hydrogen-bond donors (Lipinski definition) is 0. The number of ether oxygens (including phenoxy) is 2. The fourth-order valence-electron chi connectivity index (χ4n) is 0.380. The summed E-state index contributed by atoms with van der Waals surface area (Å²) >= 11 is 4.65. The van der Waals surface area contributed by atoms with Crippen LogP contribution in [0.15, 0.2) is 0 Å². The van der Waals surface area contributed by atoms with Gasteiger partial charge in [-0.15, -0.1) is 0 Å². The van der Waals surface area contributed by atoms with Crippen molar-refractivity contribution >= 4 is 12.6 Å². The van der Waals surface area contributed by atoms with Crippen molar-refractivity contribution in [1.29, 1.82) is 0 Å². The summed E-state index contributed by atoms with van der Waals surface area (Å²) in [6, 6.07) is 0. The van der Waals surface area contributed by atoms with Crippen molar-refractivity contribution in [3.05, 3.63) is 0 Å². The number of hydrogen-bond acceptors (Lipinski definition) is 2. The lowest BCUT2D eigenvalue weighted by Gasteiger charge is -2.00. The first-order chi connectivity index (χ1) is 4.41. The lowest BCUT2D eigenvalue weighted by Crippen LogP contribution is -2.02. The molecule has 55 valence electrons. The number of rotatable bonds is 6. The maximum atomic E-state index is 5.02. The van der Waals surface area contributed by atoms with Gasteiger partial charge in [0.15, 0.2) is 0 Å². The van der Waals surface area contributed by atoms with Crippen LogP contribution in [0.3, 0.4) is 0 Å². The van der Waals surface area contributed by atoms with Gasteiger partial charge in [0.1, 0.15) is 6.79 Å². The van der Waals surface area contributed by atoms with Gasteiger partial charge >= 0.3 is 0 Å². The molecule has 2 nitrogen and oxygen atoms in total. The van der Waals surface area contributed by atoms with Crippen molar-refractivity contribution in [3.8, 4) is 0 Å². The molecule has 0 bridgehead atoms. The van der Waals surface area contributed by atoms with Crippen LogP contribution in [-0.2, 0) is 9.47 Å². The van der Waals surface area contributed by atoms with Gasteiger partial charge in [-0.1, -0.05) is 19.6 Å². The zero-order valence-electron chi connectivity index (χ0n) is 5.76. The molecule has 0 rings (SSSR count). The highest BCUT2D eigenvalue weighted by Gasteiger charge is 1.83. The van der Waals surface area contributed by atoms with E-state index in [4.69, 9.17) is 9.47 Å². The van der Waals surface area contributed by atoms with Gasteiger partial charge in [-0.3, -0.25) is 0 Å². The third kappa shape index (κ3) is 8.27. The second kappa shape index (κ2) is 8.27. The molecule has 0 aliphatic rings. The quantitative estimate of drug-likeness (QED) is 0.421. The summed E-state index contributed by atoms with van der Waals surface area (Å²) in [5.74, 6) is 0.648. The lowest BCUT2D eigenvalue weighted by atomic mass is 10.5. The summed E-state index contributed by atoms with van der Waals surface area (Å²) in [6.45, 7) is 3.86. The van der Waals surface area contributed by atoms with Gasteiger partial charge < -0.3 is 9.47 Å². The Hall–Kier alpha value is 0.270. The second-order valence-corrected chi connectivity index (χ2v) is 2.05. The molecular formula is C6H13O2S. The van der Waals surface area contributed by atoms with E-state index in [1.165, 1.54) is 0 Å². The summed E-state index contributed by atoms with van der Waals surface area (Å²) < 4.78 is 9.97. The van der Waals surface area contributed by atoms with E-state index in [0.717, 1.165) is 13.0 Å². The zero-order chi connectivity index (χ0) is 6.95. The van der Waals surface area contributed by atoms with E-state index in [-0.39, 0.29) is 0 Å². The van der Waals surface area contributed by atoms with Crippen molar-refractivity contribution in [3.63, 3.8) is 0 Å². The van der Waals surface area contributed by atoms with Gasteiger partial charge in [-0.05, 0) is 6.42 Å². The van der Waals surface area contributed by atoms with Crippen molar-refractivity contribution in [2.24, 2.45) is 0 Å². The molecule has 0 aliphatic carbocycles. The van der Waals surface area contributed by atoms with E-state index in [1.54, 1.807) is 0 Å². The zero-order valence-corrected chi connectivity index (χ0v) is 6.58. The fourth-order valence-corrected chi connectivity index (χ4v) is 0.498. The van der Waals surface area contributed by atoms with Crippen molar-refractivity contribution in [2.45, 2.75) is 13.3 Å². The molecule has 0 saturated heterocycles. The van der Waals surface area contributed by atoms with Crippen molar-refractivity contribution in [1.82, 2.24) is 0 Å². The largest absolute Gasteiger partial charge is 0.355 e. The predicted octanol–water partition coefficient (Wildman–Crippen LogP) is 1.58. The molecule has 0 N–H and O–H groups in total. The van der Waals surface area contributed by atoms with Crippen molar-refractivity contribution in [2.75, 3.05) is 25.8 Å². The minimum Gasteiger partial charge on any atom is -0.355 e. The first-order valence-electron chi connectivity index (χ1n) is 3.15. The highest BCUT2D eigenvalue weighted by atomic mass is 32.1. The lowest BCUT2D eigenvalue weighted by molar-refractivity contribution is -0.0479. The maximum Gasteiger partial charge on any atom is 0.146 e. The smallest absolute Gasteiger partial charge is 0.146 e. The first-order valence-corrected chi connectivity index (χ1v) is 3.73. The third-order valence-electron chi connectivity index (χ3n) is 0.743. The Bertz CT molecular complexity index is 44.3. The van der Waals surface area contributed by atoms with Crippen LogP contribution in [0.1, 0.15) is 13.3 Å². The molecule has 0 spiro atoms. The Morgan fingerprint density at radius 2 is 1.89 bits per heavy atom. The van der Waals surface area contributed by atoms with E-state index < -0.39 is 0 Å². The predicted molar refractivity (Wildman–Crippen MR) is 39.5 cm³/mol. The van der Waals surface area contributed by atoms with Gasteiger partial charge in [-0.2, -0.15) is 0 Å². The summed E-state index contributed by atoms with van der Waals surface area (Å²) in [5, 5.41) is 0. The Morgan fingerprint density at radius 3 is 2.44 bits per heavy atom. The standard InChI is InChI=1S/C6H13O2S/c1-2-3-7-6-8-4-5-9/h2-6H2,1H3. The van der Waals surface area contributed by atoms with E-state index in [9.17, 15) is 0 Å². The Labute approximate surface area is 61.9 Å². The third-order valence-corrected chi connectivity index (χ3v) is 0.909. The van der Waals surface area contributed by atoms with Crippen LogP contribution in [0.25, 0.3) is 0 Å². The molecule has 0 aromatic carbocycles. The molecular weight excluding hydrogens is 136 g/mol. The van der Waals surface area contributed by atoms with Gasteiger partial charge in [0.25, 0.3) is 0 Å². The average Bonchev–Trinajstić information content (AvgIpc) is 1.89. The molecule has 0 amide bonds. The summed E-state index contributed by atoms with van der Waals surface area (Å²) in [6.07, 6.45) is 1.04. The van der Waals surface area contributed by atoms with Crippen LogP contribution < -0.4 is 0 Å². The fraction of sp³-hybridized carbons (Fsp3) is 1.00. The molecule has 0 aromatic heterocycles. The first kappa shape index (κ1) is 9.27. The SMILES string of the molecule is CCCOCOCC[S]. The van der Waals surface area contributed by atoms with Gasteiger partial charge in [0, 0.05) is 12.4 Å². The Kier molecular flexibility index (Phi) is 8.52. The molecule has 0 heterocycles. The molecule has 3 heteroatoms. The van der Waals surface area contributed by atoms with Crippen LogP contribution in [-0.4, -0.2) is 25.8 Å². The molecule has 0 aromatic rings. The van der Waals surface area contributed by atoms with Crippen LogP contribution in [0.5, 0.6) is 0 Å². The topological polar surface area (TPSA) is 18.5 Å². The van der Waals surface area contributed by atoms with E-state index >= 15 is 0 Å². The molecule has 0 fully saturated rings. The van der Waals surface area contributed by atoms with Gasteiger partial charge in [0.05, 0.1) is 6.61 Å². The second-order valence-electron chi connectivity index (χ2n) is 1.64. The maximum absolute atomic E-state index is 5.02. The Morgan fingerprint density at radius 1 is 1.22 bits per heavy atom. The minimum absolute atomic E-state index is 0.393. The van der Waals surface area contributed by atoms with Crippen LogP contribution in [0.2, 0.25) is 0 Å². The molecule has 0 atom stereocenters. The minimum atomic E-state index is 0.393. The normalized spacial score (nSPS) is 10.0. The summed E-state index contributed by atoms with van der Waals surface area (Å²) in [5.41, 5.74) is 0. The highest BCUT2D eigenvalue weighted by molar-refractivity contribution is 7.80. The average molecular weight is 149 g/mol. The Balaban J connectivity index is 2.60. The van der Waals surface area contributed by atoms with E-state index in [2.05, 4.69) is 19.6 Å². The molecule has 0 saturated carbocycles. The molecule has 1 radical (unpaired) electrons. The summed E-state index contributed by atoms with van der Waals surface area (Å²) in [4.78, 5) is 0. The molecule has 0 unspecified atom stereocenters. The summed E-state index contributed by atoms with van der Waals surface area (Å²) in [7, 11) is 0. The van der Waals surface area contributed by atoms with Crippen molar-refractivity contribution < 1.29 is 9.47 Å². The highest BCUT2D eigenvalue weighted by Crippen LogP contribution is 1.82. The monoisotopic (exact) mass is 149 g/mol. The van der Waals surface area contributed by atoms with E-state index in [0.29, 0.717) is 19.2 Å². The van der Waals surface area contributed by atoms with Gasteiger partial charge in [-0.25, -0.2) is 0 Å². The van der Waals surface area contributed by atoms with Crippen LogP contribution >= 0.6 is 12.6 Å². The molecule has 0 aliphatic heterocycles. The molecule has 9 heavy (non-hydrogen) atoms. The van der Waals surface area contributed by atoms with Crippen LogP contribution in [0.4, 0.5) is 0 Å².